The molecule has 0 unspecified atom stereocenters. The Bertz CT molecular complexity index is 1630. The zero-order chi connectivity index (χ0) is 25.4. The number of rotatable bonds is 6. The van der Waals surface area contributed by atoms with Gasteiger partial charge in [-0.25, -0.2) is 4.68 Å². The van der Waals surface area contributed by atoms with Crippen molar-refractivity contribution in [3.05, 3.63) is 88.0 Å². The summed E-state index contributed by atoms with van der Waals surface area (Å²) in [6.45, 7) is 7.45. The average molecular weight is 484 g/mol. The van der Waals surface area contributed by atoms with E-state index in [4.69, 9.17) is 4.74 Å². The van der Waals surface area contributed by atoms with Gasteiger partial charge in [0.1, 0.15) is 17.0 Å². The Kier molecular flexibility index (Phi) is 5.85. The van der Waals surface area contributed by atoms with Crippen molar-refractivity contribution < 1.29 is 9.53 Å². The van der Waals surface area contributed by atoms with Gasteiger partial charge in [0.2, 0.25) is 5.95 Å². The number of carbonyl (C=O) groups is 1. The van der Waals surface area contributed by atoms with Crippen LogP contribution in [0.3, 0.4) is 0 Å². The molecule has 0 fully saturated rings. The maximum Gasteiger partial charge on any atom is 0.266 e. The molecule has 5 rings (SSSR count). The first-order valence-corrected chi connectivity index (χ1v) is 11.5. The van der Waals surface area contributed by atoms with E-state index in [1.165, 1.54) is 10.9 Å². The molecule has 1 amide bonds. The summed E-state index contributed by atoms with van der Waals surface area (Å²) >= 11 is 0. The predicted octanol–water partition coefficient (Wildman–Crippen LogP) is 3.63. The van der Waals surface area contributed by atoms with Crippen LogP contribution in [0.2, 0.25) is 0 Å². The van der Waals surface area contributed by atoms with Crippen LogP contribution in [-0.4, -0.2) is 41.5 Å². The van der Waals surface area contributed by atoms with E-state index in [0.29, 0.717) is 28.3 Å². The molecule has 36 heavy (non-hydrogen) atoms. The molecule has 2 N–H and O–H groups in total. The highest BCUT2D eigenvalue weighted by Crippen LogP contribution is 2.22. The minimum absolute atomic E-state index is 0.152. The van der Waals surface area contributed by atoms with Crippen LogP contribution in [0.15, 0.2) is 65.6 Å². The quantitative estimate of drug-likeness (QED) is 0.381. The number of hydrogen-bond donors (Lipinski definition) is 2. The lowest BCUT2D eigenvalue weighted by molar-refractivity contribution is -0.122. The second-order valence-electron chi connectivity index (χ2n) is 8.55. The second kappa shape index (κ2) is 9.14. The van der Waals surface area contributed by atoms with Crippen LogP contribution in [0.5, 0.6) is 5.75 Å². The lowest BCUT2D eigenvalue weighted by atomic mass is 10.1. The average Bonchev–Trinajstić information content (AvgIpc) is 3.45. The number of aromatic amines is 1. The van der Waals surface area contributed by atoms with Crippen molar-refractivity contribution >= 4 is 22.8 Å². The Morgan fingerprint density at radius 1 is 1.06 bits per heavy atom. The van der Waals surface area contributed by atoms with Crippen LogP contribution in [-0.2, 0) is 4.79 Å². The van der Waals surface area contributed by atoms with Gasteiger partial charge in [0.25, 0.3) is 11.5 Å². The Hall–Kier alpha value is -4.73. The molecule has 5 aromatic rings. The van der Waals surface area contributed by atoms with Gasteiger partial charge in [-0.15, -0.1) is 0 Å². The smallest absolute Gasteiger partial charge is 0.266 e. The number of aromatic nitrogens is 6. The molecule has 0 aliphatic heterocycles. The van der Waals surface area contributed by atoms with Gasteiger partial charge in [-0.3, -0.25) is 14.6 Å². The van der Waals surface area contributed by atoms with Gasteiger partial charge in [-0.2, -0.15) is 19.9 Å². The van der Waals surface area contributed by atoms with Crippen molar-refractivity contribution in [3.8, 4) is 17.4 Å². The molecule has 3 aromatic heterocycles. The van der Waals surface area contributed by atoms with Crippen molar-refractivity contribution in [3.63, 3.8) is 0 Å². The van der Waals surface area contributed by atoms with Crippen molar-refractivity contribution in [2.75, 3.05) is 5.32 Å². The zero-order valence-corrected chi connectivity index (χ0v) is 20.3. The lowest BCUT2D eigenvalue weighted by Gasteiger charge is -2.15. The Balaban J connectivity index is 1.51. The summed E-state index contributed by atoms with van der Waals surface area (Å²) in [5, 5.41) is 12.0. The summed E-state index contributed by atoms with van der Waals surface area (Å²) in [5.74, 6) is 0.714. The van der Waals surface area contributed by atoms with Gasteiger partial charge in [0.15, 0.2) is 11.8 Å². The van der Waals surface area contributed by atoms with Gasteiger partial charge in [-0.05, 0) is 57.0 Å². The number of H-pyrrole nitrogens is 1. The number of para-hydroxylation sites is 1. The Labute approximate surface area is 206 Å². The number of anilines is 1. The van der Waals surface area contributed by atoms with E-state index < -0.39 is 6.10 Å². The molecule has 182 valence electrons. The van der Waals surface area contributed by atoms with E-state index >= 15 is 0 Å². The van der Waals surface area contributed by atoms with Crippen LogP contribution >= 0.6 is 0 Å². The number of ether oxygens (including phenoxy) is 1. The molecule has 0 spiro atoms. The number of carbonyl (C=O) groups excluding carboxylic acids is 1. The Morgan fingerprint density at radius 3 is 2.61 bits per heavy atom. The van der Waals surface area contributed by atoms with E-state index in [-0.39, 0.29) is 17.4 Å². The molecule has 2 aromatic carbocycles. The molecule has 1 atom stereocenters. The lowest BCUT2D eigenvalue weighted by Crippen LogP contribution is -2.31. The zero-order valence-electron chi connectivity index (χ0n) is 20.3. The fraction of sp³-hybridized carbons (Fsp3) is 0.192. The van der Waals surface area contributed by atoms with Crippen LogP contribution in [0.25, 0.3) is 22.7 Å². The third kappa shape index (κ3) is 4.24. The fourth-order valence-electron chi connectivity index (χ4n) is 3.88. The molecular weight excluding hydrogens is 458 g/mol. The van der Waals surface area contributed by atoms with Gasteiger partial charge < -0.3 is 10.1 Å². The van der Waals surface area contributed by atoms with Crippen molar-refractivity contribution in [2.24, 2.45) is 0 Å². The van der Waals surface area contributed by atoms with Crippen LogP contribution in [0.1, 0.15) is 23.7 Å². The number of aryl methyl sites for hydroxylation is 2. The summed E-state index contributed by atoms with van der Waals surface area (Å²) < 4.78 is 8.76. The molecule has 0 saturated heterocycles. The number of fused-ring (bicyclic) bond motifs is 1. The van der Waals surface area contributed by atoms with E-state index in [1.807, 2.05) is 50.2 Å². The molecule has 10 heteroatoms. The van der Waals surface area contributed by atoms with Gasteiger partial charge in [0, 0.05) is 6.07 Å². The second-order valence-corrected chi connectivity index (χ2v) is 8.55. The van der Waals surface area contributed by atoms with E-state index in [2.05, 4.69) is 25.5 Å². The molecule has 0 bridgehead atoms. The molecule has 0 aliphatic carbocycles. The van der Waals surface area contributed by atoms with E-state index in [1.54, 1.807) is 36.7 Å². The summed E-state index contributed by atoms with van der Waals surface area (Å²) in [6.07, 6.45) is 0.725. The van der Waals surface area contributed by atoms with Gasteiger partial charge in [0.05, 0.1) is 17.6 Å². The summed E-state index contributed by atoms with van der Waals surface area (Å²) in [5.41, 5.74) is 3.60. The van der Waals surface area contributed by atoms with Crippen LogP contribution < -0.4 is 15.6 Å². The maximum absolute atomic E-state index is 12.9. The van der Waals surface area contributed by atoms with Crippen LogP contribution in [0.4, 0.5) is 5.82 Å². The highest BCUT2D eigenvalue weighted by molar-refractivity contribution is 5.93. The summed E-state index contributed by atoms with van der Waals surface area (Å²) in [4.78, 5) is 33.2. The number of amides is 1. The molecule has 0 saturated carbocycles. The summed E-state index contributed by atoms with van der Waals surface area (Å²) in [6, 6.07) is 16.7. The highest BCUT2D eigenvalue weighted by Gasteiger charge is 2.20. The number of nitrogens with one attached hydrogen (secondary N) is 2. The normalized spacial score (nSPS) is 12.0. The topological polar surface area (TPSA) is 120 Å². The predicted molar refractivity (Wildman–Crippen MR) is 136 cm³/mol. The minimum Gasteiger partial charge on any atom is -0.481 e. The van der Waals surface area contributed by atoms with Gasteiger partial charge in [-0.1, -0.05) is 30.3 Å². The van der Waals surface area contributed by atoms with E-state index in [9.17, 15) is 9.59 Å². The number of hydrogen-bond acceptors (Lipinski definition) is 6. The Morgan fingerprint density at radius 2 is 1.83 bits per heavy atom. The minimum atomic E-state index is -0.767. The molecule has 3 heterocycles. The van der Waals surface area contributed by atoms with Crippen molar-refractivity contribution in [2.45, 2.75) is 33.8 Å². The number of benzene rings is 2. The monoisotopic (exact) mass is 483 g/mol. The molecule has 10 nitrogen and oxygen atoms in total. The van der Waals surface area contributed by atoms with Crippen LogP contribution in [0, 0.1) is 20.8 Å². The molecule has 0 aliphatic rings. The van der Waals surface area contributed by atoms with Crippen molar-refractivity contribution in [1.29, 1.82) is 0 Å². The molecule has 0 radical (unpaired) electrons. The number of nitrogens with zero attached hydrogens (tertiary/aromatic N) is 5. The third-order valence-corrected chi connectivity index (χ3v) is 5.94. The highest BCUT2D eigenvalue weighted by atomic mass is 16.5. The fourth-order valence-corrected chi connectivity index (χ4v) is 3.88. The first-order chi connectivity index (χ1) is 17.3. The standard InChI is InChI=1S/C26H25N7O3/c1-15-9-8-12-21(17(15)3)32-23-20(14-27-32)25(35)30-26(29-23)33-22(13-16(2)31-33)28-24(34)18(4)36-19-10-6-5-7-11-19/h5-14,18H,1-4H3,(H,28,34)(H,29,30,35)/t18-/m1/s1. The van der Waals surface area contributed by atoms with Crippen molar-refractivity contribution in [1.82, 2.24) is 29.5 Å². The first kappa shape index (κ1) is 23.0. The first-order valence-electron chi connectivity index (χ1n) is 11.5. The molecular formula is C26H25N7O3. The summed E-state index contributed by atoms with van der Waals surface area (Å²) in [7, 11) is 0. The largest absolute Gasteiger partial charge is 0.481 e. The maximum atomic E-state index is 12.9. The third-order valence-electron chi connectivity index (χ3n) is 5.94. The van der Waals surface area contributed by atoms with E-state index in [0.717, 1.165) is 16.8 Å². The SMILES string of the molecule is Cc1cc(NC(=O)[C@@H](C)Oc2ccccc2)n(-c2nc3c(cnn3-c3cccc(C)c3C)c(=O)[nH]2)n1. The van der Waals surface area contributed by atoms with Gasteiger partial charge >= 0.3 is 0 Å².